The number of rotatable bonds is 10. The van der Waals surface area contributed by atoms with Gasteiger partial charge in [-0.25, -0.2) is 0 Å². The van der Waals surface area contributed by atoms with E-state index in [2.05, 4.69) is 21.2 Å². The second-order valence-corrected chi connectivity index (χ2v) is 6.63. The Morgan fingerprint density at radius 2 is 1.83 bits per heavy atom. The number of hydrogen-bond acceptors (Lipinski definition) is 6. The van der Waals surface area contributed by atoms with Crippen molar-refractivity contribution in [3.05, 3.63) is 28.7 Å². The van der Waals surface area contributed by atoms with Crippen LogP contribution in [0, 0.1) is 0 Å². The van der Waals surface area contributed by atoms with Gasteiger partial charge in [-0.05, 0) is 37.6 Å². The molecule has 0 saturated carbocycles. The molecule has 1 aromatic carbocycles. The van der Waals surface area contributed by atoms with Crippen LogP contribution in [-0.4, -0.2) is 43.4 Å². The Balaban J connectivity index is 2.09. The van der Waals surface area contributed by atoms with E-state index in [-0.39, 0.29) is 30.7 Å². The predicted octanol–water partition coefficient (Wildman–Crippen LogP) is 2.54. The number of benzene rings is 1. The molecule has 0 unspecified atom stereocenters. The highest BCUT2D eigenvalue weighted by atomic mass is 79.9. The van der Waals surface area contributed by atoms with E-state index in [0.29, 0.717) is 19.6 Å². The van der Waals surface area contributed by atoms with Crippen molar-refractivity contribution in [2.45, 2.75) is 24.7 Å². The molecule has 132 valence electrons. The lowest BCUT2D eigenvalue weighted by atomic mass is 10.3. The molecule has 0 radical (unpaired) electrons. The summed E-state index contributed by atoms with van der Waals surface area (Å²) in [5, 5.41) is 2.58. The van der Waals surface area contributed by atoms with Crippen molar-refractivity contribution in [3.8, 4) is 0 Å². The molecule has 0 spiro atoms. The first-order chi connectivity index (χ1) is 11.5. The van der Waals surface area contributed by atoms with E-state index >= 15 is 0 Å². The van der Waals surface area contributed by atoms with Crippen molar-refractivity contribution in [2.24, 2.45) is 0 Å². The van der Waals surface area contributed by atoms with Crippen LogP contribution in [0.1, 0.15) is 19.8 Å². The number of amides is 1. The molecule has 0 heterocycles. The van der Waals surface area contributed by atoms with Gasteiger partial charge < -0.3 is 14.8 Å². The SMILES string of the molecule is CCOC(=O)CCCNC(=O)COC(=O)CSc1ccc(Br)cc1. The third kappa shape index (κ3) is 9.57. The Morgan fingerprint density at radius 3 is 2.50 bits per heavy atom. The summed E-state index contributed by atoms with van der Waals surface area (Å²) < 4.78 is 10.6. The number of hydrogen-bond donors (Lipinski definition) is 1. The zero-order chi connectivity index (χ0) is 17.8. The van der Waals surface area contributed by atoms with E-state index in [1.807, 2.05) is 24.3 Å². The van der Waals surface area contributed by atoms with E-state index in [0.717, 1.165) is 9.37 Å². The Kier molecular flexibility index (Phi) is 10.2. The zero-order valence-electron chi connectivity index (χ0n) is 13.4. The van der Waals surface area contributed by atoms with Gasteiger partial charge in [-0.15, -0.1) is 11.8 Å². The Morgan fingerprint density at radius 1 is 1.12 bits per heavy atom. The summed E-state index contributed by atoms with van der Waals surface area (Å²) in [7, 11) is 0. The smallest absolute Gasteiger partial charge is 0.316 e. The van der Waals surface area contributed by atoms with Gasteiger partial charge in [-0.1, -0.05) is 15.9 Å². The van der Waals surface area contributed by atoms with Crippen LogP contribution in [0.5, 0.6) is 0 Å². The molecule has 1 amide bonds. The zero-order valence-corrected chi connectivity index (χ0v) is 15.8. The first kappa shape index (κ1) is 20.5. The van der Waals surface area contributed by atoms with Gasteiger partial charge in [-0.2, -0.15) is 0 Å². The maximum absolute atomic E-state index is 11.6. The third-order valence-corrected chi connectivity index (χ3v) is 4.23. The van der Waals surface area contributed by atoms with Gasteiger partial charge in [0.15, 0.2) is 6.61 Å². The average molecular weight is 418 g/mol. The van der Waals surface area contributed by atoms with E-state index in [1.165, 1.54) is 11.8 Å². The van der Waals surface area contributed by atoms with E-state index in [4.69, 9.17) is 9.47 Å². The lowest BCUT2D eigenvalue weighted by molar-refractivity contribution is -0.145. The topological polar surface area (TPSA) is 81.7 Å². The Hall–Kier alpha value is -1.54. The Labute approximate surface area is 153 Å². The Bertz CT molecular complexity index is 550. The normalized spacial score (nSPS) is 10.1. The molecule has 1 aromatic rings. The molecule has 0 saturated heterocycles. The van der Waals surface area contributed by atoms with Crippen molar-refractivity contribution in [1.29, 1.82) is 0 Å². The van der Waals surface area contributed by atoms with Crippen LogP contribution in [0.2, 0.25) is 0 Å². The largest absolute Gasteiger partial charge is 0.466 e. The van der Waals surface area contributed by atoms with Crippen molar-refractivity contribution >= 4 is 45.5 Å². The summed E-state index contributed by atoms with van der Waals surface area (Å²) in [5.74, 6) is -0.994. The van der Waals surface area contributed by atoms with Gasteiger partial charge >= 0.3 is 11.9 Å². The van der Waals surface area contributed by atoms with Crippen molar-refractivity contribution in [2.75, 3.05) is 25.5 Å². The second kappa shape index (κ2) is 11.9. The summed E-state index contributed by atoms with van der Waals surface area (Å²) in [4.78, 5) is 35.1. The summed E-state index contributed by atoms with van der Waals surface area (Å²) >= 11 is 4.68. The second-order valence-electron chi connectivity index (χ2n) is 4.66. The quantitative estimate of drug-likeness (QED) is 0.357. The highest BCUT2D eigenvalue weighted by molar-refractivity contribution is 9.10. The van der Waals surface area contributed by atoms with Crippen LogP contribution in [0.15, 0.2) is 33.6 Å². The lowest BCUT2D eigenvalue weighted by Gasteiger charge is -2.06. The van der Waals surface area contributed by atoms with Crippen LogP contribution < -0.4 is 5.32 Å². The van der Waals surface area contributed by atoms with Crippen molar-refractivity contribution in [1.82, 2.24) is 5.32 Å². The molecule has 24 heavy (non-hydrogen) atoms. The first-order valence-electron chi connectivity index (χ1n) is 7.47. The summed E-state index contributed by atoms with van der Waals surface area (Å²) in [6.45, 7) is 2.10. The van der Waals surface area contributed by atoms with Gasteiger partial charge in [0.05, 0.1) is 12.4 Å². The summed E-state index contributed by atoms with van der Waals surface area (Å²) in [6, 6.07) is 7.55. The van der Waals surface area contributed by atoms with Crippen molar-refractivity contribution < 1.29 is 23.9 Å². The van der Waals surface area contributed by atoms with Crippen LogP contribution in [0.25, 0.3) is 0 Å². The highest BCUT2D eigenvalue weighted by Crippen LogP contribution is 2.20. The van der Waals surface area contributed by atoms with E-state index in [1.54, 1.807) is 6.92 Å². The van der Waals surface area contributed by atoms with Gasteiger partial charge in [0, 0.05) is 22.3 Å². The van der Waals surface area contributed by atoms with E-state index in [9.17, 15) is 14.4 Å². The number of nitrogens with one attached hydrogen (secondary N) is 1. The fourth-order valence-electron chi connectivity index (χ4n) is 1.61. The number of esters is 2. The van der Waals surface area contributed by atoms with Crippen LogP contribution in [0.3, 0.4) is 0 Å². The number of thioether (sulfide) groups is 1. The number of halogens is 1. The van der Waals surface area contributed by atoms with Crippen LogP contribution in [-0.2, 0) is 23.9 Å². The molecule has 1 rings (SSSR count). The fraction of sp³-hybridized carbons (Fsp3) is 0.438. The molecular weight excluding hydrogens is 398 g/mol. The van der Waals surface area contributed by atoms with Gasteiger partial charge in [0.25, 0.3) is 5.91 Å². The number of ether oxygens (including phenoxy) is 2. The first-order valence-corrected chi connectivity index (χ1v) is 9.25. The molecule has 0 aliphatic rings. The third-order valence-electron chi connectivity index (χ3n) is 2.72. The minimum Gasteiger partial charge on any atom is -0.466 e. The molecule has 0 fully saturated rings. The average Bonchev–Trinajstić information content (AvgIpc) is 2.56. The number of carbonyl (C=O) groups excluding carboxylic acids is 3. The molecule has 0 aromatic heterocycles. The monoisotopic (exact) mass is 417 g/mol. The van der Waals surface area contributed by atoms with Crippen LogP contribution in [0.4, 0.5) is 0 Å². The predicted molar refractivity (Wildman–Crippen MR) is 94.7 cm³/mol. The summed E-state index contributed by atoms with van der Waals surface area (Å²) in [5.41, 5.74) is 0. The number of carbonyl (C=O) groups is 3. The summed E-state index contributed by atoms with van der Waals surface area (Å²) in [6.07, 6.45) is 0.732. The lowest BCUT2D eigenvalue weighted by Crippen LogP contribution is -2.30. The fourth-order valence-corrected chi connectivity index (χ4v) is 2.57. The van der Waals surface area contributed by atoms with Gasteiger partial charge in [0.1, 0.15) is 0 Å². The van der Waals surface area contributed by atoms with Crippen LogP contribution >= 0.6 is 27.7 Å². The highest BCUT2D eigenvalue weighted by Gasteiger charge is 2.08. The van der Waals surface area contributed by atoms with Gasteiger partial charge in [-0.3, -0.25) is 14.4 Å². The minimum absolute atomic E-state index is 0.137. The van der Waals surface area contributed by atoms with Gasteiger partial charge in [0.2, 0.25) is 0 Å². The standard InChI is InChI=1S/C16H20BrNO5S/c1-2-22-15(20)4-3-9-18-14(19)10-23-16(21)11-24-13-7-5-12(17)6-8-13/h5-8H,2-4,9-11H2,1H3,(H,18,19). The maximum atomic E-state index is 11.6. The molecular formula is C16H20BrNO5S. The molecule has 0 aliphatic carbocycles. The minimum atomic E-state index is -0.454. The molecule has 0 atom stereocenters. The van der Waals surface area contributed by atoms with Crippen molar-refractivity contribution in [3.63, 3.8) is 0 Å². The molecule has 1 N–H and O–H groups in total. The molecule has 0 aliphatic heterocycles. The molecule has 8 heteroatoms. The van der Waals surface area contributed by atoms with E-state index < -0.39 is 5.97 Å². The molecule has 6 nitrogen and oxygen atoms in total. The molecule has 0 bridgehead atoms. The maximum Gasteiger partial charge on any atom is 0.316 e.